The summed E-state index contributed by atoms with van der Waals surface area (Å²) in [7, 11) is 1.34. The Hall–Kier alpha value is -3.74. The fourth-order valence-corrected chi connectivity index (χ4v) is 2.39. The van der Waals surface area contributed by atoms with Crippen molar-refractivity contribution >= 4 is 23.3 Å². The maximum absolute atomic E-state index is 12.3. The molecule has 0 bridgehead atoms. The predicted molar refractivity (Wildman–Crippen MR) is 101 cm³/mol. The van der Waals surface area contributed by atoms with Gasteiger partial charge >= 0.3 is 5.97 Å². The third kappa shape index (κ3) is 4.88. The number of esters is 1. The fourth-order valence-electron chi connectivity index (χ4n) is 2.39. The molecule has 0 saturated heterocycles. The summed E-state index contributed by atoms with van der Waals surface area (Å²) in [6.45, 7) is 0.411. The summed E-state index contributed by atoms with van der Waals surface area (Å²) in [5.41, 5.74) is 3.30. The molecule has 0 atom stereocenters. The number of ether oxygens (including phenoxy) is 1. The Morgan fingerprint density at radius 3 is 2.37 bits per heavy atom. The molecule has 0 aliphatic heterocycles. The van der Waals surface area contributed by atoms with E-state index in [1.54, 1.807) is 48.9 Å². The van der Waals surface area contributed by atoms with E-state index in [-0.39, 0.29) is 5.91 Å². The third-order valence-electron chi connectivity index (χ3n) is 3.80. The first kappa shape index (κ1) is 18.1. The second-order valence-electron chi connectivity index (χ2n) is 5.69. The third-order valence-corrected chi connectivity index (χ3v) is 3.80. The maximum atomic E-state index is 12.3. The van der Waals surface area contributed by atoms with E-state index >= 15 is 0 Å². The largest absolute Gasteiger partial charge is 0.465 e. The van der Waals surface area contributed by atoms with Crippen molar-refractivity contribution in [1.29, 1.82) is 0 Å². The lowest BCUT2D eigenvalue weighted by Crippen LogP contribution is -2.23. The van der Waals surface area contributed by atoms with Crippen LogP contribution in [-0.2, 0) is 11.3 Å². The summed E-state index contributed by atoms with van der Waals surface area (Å²) in [5, 5.41) is 6.00. The summed E-state index contributed by atoms with van der Waals surface area (Å²) >= 11 is 0. The molecule has 0 saturated carbocycles. The number of nitrogens with one attached hydrogen (secondary N) is 2. The molecule has 7 heteroatoms. The van der Waals surface area contributed by atoms with Gasteiger partial charge in [0, 0.05) is 30.8 Å². The number of benzene rings is 1. The number of pyridine rings is 2. The predicted octanol–water partition coefficient (Wildman–Crippen LogP) is 2.94. The molecule has 3 rings (SSSR count). The highest BCUT2D eigenvalue weighted by atomic mass is 16.5. The monoisotopic (exact) mass is 362 g/mol. The SMILES string of the molecule is COC(=O)c1ccc(Nc2cncc(C(=O)NCc3ccncc3)c2)cc1. The lowest BCUT2D eigenvalue weighted by atomic mass is 10.2. The van der Waals surface area contributed by atoms with Crippen LogP contribution in [0.1, 0.15) is 26.3 Å². The molecule has 1 aromatic carbocycles. The number of carbonyl (C=O) groups excluding carboxylic acids is 2. The number of rotatable bonds is 6. The molecular weight excluding hydrogens is 344 g/mol. The average Bonchev–Trinajstić information content (AvgIpc) is 2.73. The highest BCUT2D eigenvalue weighted by Gasteiger charge is 2.08. The van der Waals surface area contributed by atoms with Crippen molar-refractivity contribution in [2.24, 2.45) is 0 Å². The second kappa shape index (κ2) is 8.57. The number of nitrogens with zero attached hydrogens (tertiary/aromatic N) is 2. The van der Waals surface area contributed by atoms with Gasteiger partial charge in [-0.2, -0.15) is 0 Å². The molecule has 136 valence electrons. The van der Waals surface area contributed by atoms with E-state index in [1.807, 2.05) is 12.1 Å². The van der Waals surface area contributed by atoms with Crippen molar-refractivity contribution in [3.63, 3.8) is 0 Å². The zero-order valence-electron chi connectivity index (χ0n) is 14.7. The molecule has 7 nitrogen and oxygen atoms in total. The lowest BCUT2D eigenvalue weighted by Gasteiger charge is -2.09. The van der Waals surface area contributed by atoms with Gasteiger partial charge in [0.05, 0.1) is 30.1 Å². The molecule has 0 aliphatic carbocycles. The van der Waals surface area contributed by atoms with E-state index in [4.69, 9.17) is 0 Å². The molecule has 1 amide bonds. The Labute approximate surface area is 156 Å². The van der Waals surface area contributed by atoms with Crippen LogP contribution < -0.4 is 10.6 Å². The van der Waals surface area contributed by atoms with Gasteiger partial charge in [-0.25, -0.2) is 4.79 Å². The highest BCUT2D eigenvalue weighted by Crippen LogP contribution is 2.18. The molecule has 0 aliphatic rings. The zero-order chi connectivity index (χ0) is 19.1. The minimum absolute atomic E-state index is 0.219. The molecule has 2 heterocycles. The van der Waals surface area contributed by atoms with Crippen LogP contribution in [0.5, 0.6) is 0 Å². The molecule has 2 N–H and O–H groups in total. The van der Waals surface area contributed by atoms with Crippen LogP contribution in [0.4, 0.5) is 11.4 Å². The zero-order valence-corrected chi connectivity index (χ0v) is 14.7. The number of hydrogen-bond donors (Lipinski definition) is 2. The van der Waals surface area contributed by atoms with Crippen molar-refractivity contribution in [3.8, 4) is 0 Å². The minimum atomic E-state index is -0.393. The van der Waals surface area contributed by atoms with Gasteiger partial charge in [-0.1, -0.05) is 0 Å². The molecule has 2 aromatic heterocycles. The van der Waals surface area contributed by atoms with Crippen molar-refractivity contribution in [3.05, 3.63) is 83.9 Å². The summed E-state index contributed by atoms with van der Waals surface area (Å²) in [6, 6.07) is 12.2. The first-order chi connectivity index (χ1) is 13.2. The summed E-state index contributed by atoms with van der Waals surface area (Å²) in [4.78, 5) is 31.8. The van der Waals surface area contributed by atoms with Crippen molar-refractivity contribution < 1.29 is 14.3 Å². The fraction of sp³-hybridized carbons (Fsp3) is 0.100. The van der Waals surface area contributed by atoms with Crippen LogP contribution in [0.25, 0.3) is 0 Å². The Balaban J connectivity index is 1.64. The average molecular weight is 362 g/mol. The van der Waals surface area contributed by atoms with Crippen LogP contribution >= 0.6 is 0 Å². The maximum Gasteiger partial charge on any atom is 0.337 e. The number of anilines is 2. The topological polar surface area (TPSA) is 93.2 Å². The van der Waals surface area contributed by atoms with Gasteiger partial charge in [0.1, 0.15) is 0 Å². The molecule has 0 spiro atoms. The first-order valence-corrected chi connectivity index (χ1v) is 8.23. The normalized spacial score (nSPS) is 10.1. The number of carbonyl (C=O) groups is 2. The van der Waals surface area contributed by atoms with Crippen molar-refractivity contribution in [2.75, 3.05) is 12.4 Å². The number of amides is 1. The van der Waals surface area contributed by atoms with E-state index in [9.17, 15) is 9.59 Å². The summed E-state index contributed by atoms with van der Waals surface area (Å²) < 4.78 is 4.67. The van der Waals surface area contributed by atoms with Gasteiger partial charge in [-0.15, -0.1) is 0 Å². The summed E-state index contributed by atoms with van der Waals surface area (Å²) in [6.07, 6.45) is 6.49. The molecule has 0 radical (unpaired) electrons. The van der Waals surface area contributed by atoms with Gasteiger partial charge < -0.3 is 15.4 Å². The number of aromatic nitrogens is 2. The summed E-state index contributed by atoms with van der Waals surface area (Å²) in [5.74, 6) is -0.611. The molecule has 0 fully saturated rings. The Bertz CT molecular complexity index is 927. The van der Waals surface area contributed by atoms with E-state index < -0.39 is 5.97 Å². The van der Waals surface area contributed by atoms with Gasteiger partial charge in [0.2, 0.25) is 0 Å². The van der Waals surface area contributed by atoms with Crippen LogP contribution in [0.2, 0.25) is 0 Å². The van der Waals surface area contributed by atoms with Crippen molar-refractivity contribution in [1.82, 2.24) is 15.3 Å². The lowest BCUT2D eigenvalue weighted by molar-refractivity contribution is 0.0600. The number of hydrogen-bond acceptors (Lipinski definition) is 6. The van der Waals surface area contributed by atoms with Gasteiger partial charge in [-0.3, -0.25) is 14.8 Å². The molecule has 3 aromatic rings. The first-order valence-electron chi connectivity index (χ1n) is 8.23. The van der Waals surface area contributed by atoms with E-state index in [1.165, 1.54) is 13.3 Å². The van der Waals surface area contributed by atoms with Crippen LogP contribution in [-0.4, -0.2) is 29.0 Å². The molecular formula is C20H18N4O3. The van der Waals surface area contributed by atoms with Crippen LogP contribution in [0, 0.1) is 0 Å². The second-order valence-corrected chi connectivity index (χ2v) is 5.69. The minimum Gasteiger partial charge on any atom is -0.465 e. The highest BCUT2D eigenvalue weighted by molar-refractivity contribution is 5.95. The quantitative estimate of drug-likeness (QED) is 0.655. The van der Waals surface area contributed by atoms with Crippen LogP contribution in [0.15, 0.2) is 67.3 Å². The van der Waals surface area contributed by atoms with E-state index in [0.29, 0.717) is 23.4 Å². The van der Waals surface area contributed by atoms with Gasteiger partial charge in [0.25, 0.3) is 5.91 Å². The van der Waals surface area contributed by atoms with Gasteiger partial charge in [-0.05, 0) is 48.0 Å². The Kier molecular flexibility index (Phi) is 5.73. The van der Waals surface area contributed by atoms with Gasteiger partial charge in [0.15, 0.2) is 0 Å². The van der Waals surface area contributed by atoms with E-state index in [0.717, 1.165) is 11.3 Å². The van der Waals surface area contributed by atoms with Crippen molar-refractivity contribution in [2.45, 2.75) is 6.54 Å². The number of methoxy groups -OCH3 is 1. The Morgan fingerprint density at radius 1 is 0.926 bits per heavy atom. The molecule has 27 heavy (non-hydrogen) atoms. The Morgan fingerprint density at radius 2 is 1.67 bits per heavy atom. The van der Waals surface area contributed by atoms with E-state index in [2.05, 4.69) is 25.3 Å². The van der Waals surface area contributed by atoms with Crippen LogP contribution in [0.3, 0.4) is 0 Å². The molecule has 0 unspecified atom stereocenters. The standard InChI is InChI=1S/C20H18N4O3/c1-27-20(26)15-2-4-17(5-3-15)24-18-10-16(12-22-13-18)19(25)23-11-14-6-8-21-9-7-14/h2-10,12-13,24H,11H2,1H3,(H,23,25). The smallest absolute Gasteiger partial charge is 0.337 e.